The summed E-state index contributed by atoms with van der Waals surface area (Å²) in [6.07, 6.45) is 1.95. The topological polar surface area (TPSA) is 59.4 Å². The van der Waals surface area contributed by atoms with Crippen molar-refractivity contribution in [1.82, 2.24) is 19.1 Å². The standard InChI is InChI=1S/C32H27N5/c1-3-8-31-34-28-19-24(32-35-27-11-6-7-12-29(27)36(32)2)17-18-30(28)37(31)21-22-13-15-23(16-14-22)26-10-5-4-9-25(26)20-33/h4-7,9-19H,3,8,21H2,1-2H3. The van der Waals surface area contributed by atoms with Crippen LogP contribution in [0.3, 0.4) is 0 Å². The zero-order chi connectivity index (χ0) is 25.4. The Balaban J connectivity index is 1.36. The molecule has 37 heavy (non-hydrogen) atoms. The van der Waals surface area contributed by atoms with Crippen LogP contribution in [-0.2, 0) is 20.0 Å². The second-order valence-corrected chi connectivity index (χ2v) is 9.41. The lowest BCUT2D eigenvalue weighted by Crippen LogP contribution is -2.05. The van der Waals surface area contributed by atoms with Gasteiger partial charge in [0, 0.05) is 25.6 Å². The Hall–Kier alpha value is -4.69. The van der Waals surface area contributed by atoms with Crippen LogP contribution < -0.4 is 0 Å². The number of hydrogen-bond donors (Lipinski definition) is 0. The molecule has 6 rings (SSSR count). The number of fused-ring (bicyclic) bond motifs is 2. The van der Waals surface area contributed by atoms with E-state index in [-0.39, 0.29) is 0 Å². The second kappa shape index (κ2) is 9.40. The van der Waals surface area contributed by atoms with Crippen molar-refractivity contribution in [3.63, 3.8) is 0 Å². The van der Waals surface area contributed by atoms with E-state index >= 15 is 0 Å². The molecule has 0 bridgehead atoms. The van der Waals surface area contributed by atoms with Gasteiger partial charge in [0.25, 0.3) is 0 Å². The summed E-state index contributed by atoms with van der Waals surface area (Å²) in [6.45, 7) is 2.94. The fraction of sp³-hybridized carbons (Fsp3) is 0.156. The predicted octanol–water partition coefficient (Wildman–Crippen LogP) is 7.13. The molecule has 0 radical (unpaired) electrons. The van der Waals surface area contributed by atoms with Crippen LogP contribution in [0.2, 0.25) is 0 Å². The highest BCUT2D eigenvalue weighted by Crippen LogP contribution is 2.29. The van der Waals surface area contributed by atoms with E-state index in [1.807, 2.05) is 36.4 Å². The maximum Gasteiger partial charge on any atom is 0.140 e. The van der Waals surface area contributed by atoms with Crippen molar-refractivity contribution in [1.29, 1.82) is 5.26 Å². The molecule has 0 fully saturated rings. The van der Waals surface area contributed by atoms with Gasteiger partial charge in [0.15, 0.2) is 0 Å². The first-order chi connectivity index (χ1) is 18.2. The lowest BCUT2D eigenvalue weighted by molar-refractivity contribution is 0.722. The van der Waals surface area contributed by atoms with Crippen LogP contribution in [0.5, 0.6) is 0 Å². The number of para-hydroxylation sites is 2. The largest absolute Gasteiger partial charge is 0.327 e. The van der Waals surface area contributed by atoms with Crippen LogP contribution in [-0.4, -0.2) is 19.1 Å². The molecular weight excluding hydrogens is 454 g/mol. The molecule has 0 aliphatic rings. The fourth-order valence-electron chi connectivity index (χ4n) is 5.12. The summed E-state index contributed by atoms with van der Waals surface area (Å²) >= 11 is 0. The van der Waals surface area contributed by atoms with Gasteiger partial charge in [-0.1, -0.05) is 61.5 Å². The van der Waals surface area contributed by atoms with Crippen LogP contribution in [0.1, 0.15) is 30.3 Å². The van der Waals surface area contributed by atoms with Gasteiger partial charge in [-0.15, -0.1) is 0 Å². The summed E-state index contributed by atoms with van der Waals surface area (Å²) in [5, 5.41) is 9.47. The van der Waals surface area contributed by atoms with Crippen molar-refractivity contribution < 1.29 is 0 Å². The fourth-order valence-corrected chi connectivity index (χ4v) is 5.12. The molecule has 0 aliphatic heterocycles. The smallest absolute Gasteiger partial charge is 0.140 e. The van der Waals surface area contributed by atoms with E-state index in [4.69, 9.17) is 9.97 Å². The second-order valence-electron chi connectivity index (χ2n) is 9.41. The maximum atomic E-state index is 9.47. The third kappa shape index (κ3) is 4.07. The molecule has 5 nitrogen and oxygen atoms in total. The third-order valence-electron chi connectivity index (χ3n) is 7.00. The highest BCUT2D eigenvalue weighted by Gasteiger charge is 2.15. The van der Waals surface area contributed by atoms with E-state index in [2.05, 4.69) is 83.8 Å². The molecule has 4 aromatic carbocycles. The Bertz CT molecular complexity index is 1780. The van der Waals surface area contributed by atoms with E-state index in [0.717, 1.165) is 69.8 Å². The SMILES string of the molecule is CCCc1nc2cc(-c3nc4ccccc4n3C)ccc2n1Cc1ccc(-c2ccccc2C#N)cc1. The first-order valence-electron chi connectivity index (χ1n) is 12.7. The van der Waals surface area contributed by atoms with Crippen molar-refractivity contribution in [3.8, 4) is 28.6 Å². The Morgan fingerprint density at radius 3 is 2.32 bits per heavy atom. The van der Waals surface area contributed by atoms with Gasteiger partial charge in [-0.2, -0.15) is 5.26 Å². The van der Waals surface area contributed by atoms with E-state index in [9.17, 15) is 5.26 Å². The van der Waals surface area contributed by atoms with Crippen molar-refractivity contribution in [2.45, 2.75) is 26.3 Å². The minimum atomic E-state index is 0.692. The minimum Gasteiger partial charge on any atom is -0.327 e. The molecule has 5 heteroatoms. The Morgan fingerprint density at radius 1 is 0.784 bits per heavy atom. The van der Waals surface area contributed by atoms with Crippen molar-refractivity contribution in [2.24, 2.45) is 7.05 Å². The number of nitriles is 1. The normalized spacial score (nSPS) is 11.3. The molecule has 6 aromatic rings. The van der Waals surface area contributed by atoms with E-state index in [1.54, 1.807) is 0 Å². The molecule has 0 saturated heterocycles. The summed E-state index contributed by atoms with van der Waals surface area (Å²) in [6, 6.07) is 33.2. The number of benzene rings is 4. The highest BCUT2D eigenvalue weighted by molar-refractivity contribution is 5.85. The molecule has 0 atom stereocenters. The molecule has 0 N–H and O–H groups in total. The summed E-state index contributed by atoms with van der Waals surface area (Å²) in [7, 11) is 2.06. The summed E-state index contributed by atoms with van der Waals surface area (Å²) in [4.78, 5) is 9.92. The molecule has 0 aliphatic carbocycles. The number of aromatic nitrogens is 4. The van der Waals surface area contributed by atoms with Crippen LogP contribution in [0, 0.1) is 11.3 Å². The molecule has 0 unspecified atom stereocenters. The monoisotopic (exact) mass is 481 g/mol. The van der Waals surface area contributed by atoms with Crippen molar-refractivity contribution >= 4 is 22.1 Å². The average molecular weight is 482 g/mol. The van der Waals surface area contributed by atoms with Gasteiger partial charge in [0.05, 0.1) is 33.7 Å². The lowest BCUT2D eigenvalue weighted by atomic mass is 9.99. The van der Waals surface area contributed by atoms with E-state index in [0.29, 0.717) is 5.56 Å². The lowest BCUT2D eigenvalue weighted by Gasteiger charge is -2.11. The molecule has 180 valence electrons. The van der Waals surface area contributed by atoms with Gasteiger partial charge in [-0.25, -0.2) is 9.97 Å². The Kier molecular flexibility index (Phi) is 5.78. The zero-order valence-corrected chi connectivity index (χ0v) is 21.0. The van der Waals surface area contributed by atoms with E-state index in [1.165, 1.54) is 5.56 Å². The summed E-state index contributed by atoms with van der Waals surface area (Å²) in [5.74, 6) is 2.04. The molecular formula is C32H27N5. The molecule has 2 heterocycles. The minimum absolute atomic E-state index is 0.692. The van der Waals surface area contributed by atoms with E-state index < -0.39 is 0 Å². The zero-order valence-electron chi connectivity index (χ0n) is 21.0. The number of imidazole rings is 2. The maximum absolute atomic E-state index is 9.47. The van der Waals surface area contributed by atoms with Crippen molar-refractivity contribution in [3.05, 3.63) is 108 Å². The molecule has 2 aromatic heterocycles. The van der Waals surface area contributed by atoms with Gasteiger partial charge in [-0.3, -0.25) is 0 Å². The van der Waals surface area contributed by atoms with Crippen LogP contribution >= 0.6 is 0 Å². The van der Waals surface area contributed by atoms with Crippen molar-refractivity contribution in [2.75, 3.05) is 0 Å². The summed E-state index contributed by atoms with van der Waals surface area (Å²) in [5.41, 5.74) is 9.22. The first kappa shape index (κ1) is 22.8. The van der Waals surface area contributed by atoms with Gasteiger partial charge in [0.2, 0.25) is 0 Å². The number of hydrogen-bond acceptors (Lipinski definition) is 3. The van der Waals surface area contributed by atoms with Crippen LogP contribution in [0.25, 0.3) is 44.6 Å². The van der Waals surface area contributed by atoms with Gasteiger partial charge in [0.1, 0.15) is 11.6 Å². The van der Waals surface area contributed by atoms with Gasteiger partial charge in [-0.05, 0) is 59.5 Å². The highest BCUT2D eigenvalue weighted by atomic mass is 15.1. The average Bonchev–Trinajstić information content (AvgIpc) is 3.46. The van der Waals surface area contributed by atoms with Gasteiger partial charge >= 0.3 is 0 Å². The molecule has 0 amide bonds. The quantitative estimate of drug-likeness (QED) is 0.254. The number of nitrogens with zero attached hydrogens (tertiary/aromatic N) is 5. The number of aryl methyl sites for hydroxylation is 2. The third-order valence-corrected chi connectivity index (χ3v) is 7.00. The number of rotatable bonds is 6. The first-order valence-corrected chi connectivity index (χ1v) is 12.7. The van der Waals surface area contributed by atoms with Gasteiger partial charge < -0.3 is 9.13 Å². The predicted molar refractivity (Wildman–Crippen MR) is 149 cm³/mol. The molecule has 0 spiro atoms. The Labute approximate surface area is 216 Å². The van der Waals surface area contributed by atoms with Crippen LogP contribution in [0.15, 0.2) is 91.0 Å². The summed E-state index contributed by atoms with van der Waals surface area (Å²) < 4.78 is 4.47. The Morgan fingerprint density at radius 2 is 1.54 bits per heavy atom. The van der Waals surface area contributed by atoms with Crippen LogP contribution in [0.4, 0.5) is 0 Å². The molecule has 0 saturated carbocycles.